The fourth-order valence-electron chi connectivity index (χ4n) is 2.13. The van der Waals surface area contributed by atoms with E-state index in [1.807, 2.05) is 12.3 Å². The molecule has 0 radical (unpaired) electrons. The second-order valence-corrected chi connectivity index (χ2v) is 4.32. The molecule has 1 N–H and O–H groups in total. The second-order valence-electron chi connectivity index (χ2n) is 4.32. The molecule has 2 heterocycles. The van der Waals surface area contributed by atoms with Crippen molar-refractivity contribution in [3.63, 3.8) is 0 Å². The molecule has 0 aliphatic carbocycles. The highest BCUT2D eigenvalue weighted by atomic mass is 16.5. The number of nitrogens with zero attached hydrogens (tertiary/aromatic N) is 1. The summed E-state index contributed by atoms with van der Waals surface area (Å²) in [6.07, 6.45) is 7.31. The van der Waals surface area contributed by atoms with Crippen LogP contribution >= 0.6 is 0 Å². The molecule has 1 fully saturated rings. The third-order valence-corrected chi connectivity index (χ3v) is 3.02. The van der Waals surface area contributed by atoms with Gasteiger partial charge >= 0.3 is 0 Å². The summed E-state index contributed by atoms with van der Waals surface area (Å²) in [5, 5.41) is 3.57. The average molecular weight is 220 g/mol. The predicted molar refractivity (Wildman–Crippen MR) is 64.2 cm³/mol. The molecule has 3 heteroatoms. The smallest absolute Gasteiger partial charge is 0.0854 e. The van der Waals surface area contributed by atoms with E-state index in [1.165, 1.54) is 12.0 Å². The predicted octanol–water partition coefficient (Wildman–Crippen LogP) is 2.30. The fraction of sp³-hybridized carbons (Fsp3) is 0.615. The Hall–Kier alpha value is -0.930. The van der Waals surface area contributed by atoms with E-state index in [9.17, 15) is 0 Å². The number of nitrogens with one attached hydrogen (secondary N) is 1. The minimum Gasteiger partial charge on any atom is -0.373 e. The van der Waals surface area contributed by atoms with Crippen molar-refractivity contribution in [3.8, 4) is 0 Å². The monoisotopic (exact) mass is 220 g/mol. The van der Waals surface area contributed by atoms with Crippen LogP contribution in [0.2, 0.25) is 0 Å². The van der Waals surface area contributed by atoms with Crippen LogP contribution in [0.4, 0.5) is 0 Å². The Bertz CT molecular complexity index is 302. The van der Waals surface area contributed by atoms with Gasteiger partial charge in [0.2, 0.25) is 0 Å². The van der Waals surface area contributed by atoms with Crippen LogP contribution in [0, 0.1) is 0 Å². The highest BCUT2D eigenvalue weighted by Gasteiger charge is 2.23. The van der Waals surface area contributed by atoms with Gasteiger partial charge in [-0.3, -0.25) is 4.98 Å². The Morgan fingerprint density at radius 3 is 3.25 bits per heavy atom. The van der Waals surface area contributed by atoms with E-state index in [1.54, 1.807) is 6.20 Å². The lowest BCUT2D eigenvalue weighted by Crippen LogP contribution is -2.36. The molecule has 0 aromatic carbocycles. The van der Waals surface area contributed by atoms with Crippen LogP contribution in [-0.2, 0) is 4.74 Å². The van der Waals surface area contributed by atoms with Gasteiger partial charge in [0, 0.05) is 25.0 Å². The van der Waals surface area contributed by atoms with Gasteiger partial charge < -0.3 is 10.1 Å². The van der Waals surface area contributed by atoms with Crippen molar-refractivity contribution in [2.45, 2.75) is 38.3 Å². The molecule has 0 bridgehead atoms. The van der Waals surface area contributed by atoms with Gasteiger partial charge in [-0.1, -0.05) is 13.0 Å². The second kappa shape index (κ2) is 5.97. The normalized spacial score (nSPS) is 25.6. The lowest BCUT2D eigenvalue weighted by molar-refractivity contribution is 0.000173. The lowest BCUT2D eigenvalue weighted by Gasteiger charge is -2.30. The molecular formula is C13H20N2O. The van der Waals surface area contributed by atoms with Crippen LogP contribution < -0.4 is 5.32 Å². The highest BCUT2D eigenvalue weighted by Crippen LogP contribution is 2.27. The van der Waals surface area contributed by atoms with Crippen molar-refractivity contribution in [2.24, 2.45) is 0 Å². The molecule has 0 amide bonds. The maximum Gasteiger partial charge on any atom is 0.0854 e. The number of hydrogen-bond acceptors (Lipinski definition) is 3. The van der Waals surface area contributed by atoms with Gasteiger partial charge in [0.1, 0.15) is 0 Å². The Kier molecular flexibility index (Phi) is 4.31. The number of hydrogen-bond donors (Lipinski definition) is 1. The zero-order valence-electron chi connectivity index (χ0n) is 9.86. The zero-order valence-corrected chi connectivity index (χ0v) is 9.86. The van der Waals surface area contributed by atoms with E-state index >= 15 is 0 Å². The van der Waals surface area contributed by atoms with Crippen molar-refractivity contribution in [1.82, 2.24) is 10.3 Å². The van der Waals surface area contributed by atoms with Gasteiger partial charge in [0.25, 0.3) is 0 Å². The topological polar surface area (TPSA) is 34.1 Å². The Balaban J connectivity index is 1.91. The Labute approximate surface area is 97.2 Å². The third-order valence-electron chi connectivity index (χ3n) is 3.02. The van der Waals surface area contributed by atoms with E-state index in [0.29, 0.717) is 6.04 Å². The molecule has 1 aliphatic heterocycles. The fourth-order valence-corrected chi connectivity index (χ4v) is 2.13. The van der Waals surface area contributed by atoms with E-state index in [2.05, 4.69) is 23.3 Å². The molecule has 1 aromatic heterocycles. The van der Waals surface area contributed by atoms with Gasteiger partial charge in [0.15, 0.2) is 0 Å². The van der Waals surface area contributed by atoms with Crippen LogP contribution in [0.1, 0.15) is 37.9 Å². The molecule has 2 rings (SSSR count). The van der Waals surface area contributed by atoms with Crippen molar-refractivity contribution in [1.29, 1.82) is 0 Å². The first kappa shape index (κ1) is 11.6. The molecule has 3 nitrogen and oxygen atoms in total. The average Bonchev–Trinajstić information content (AvgIpc) is 2.38. The van der Waals surface area contributed by atoms with Crippen molar-refractivity contribution in [2.75, 3.05) is 13.2 Å². The molecule has 1 saturated heterocycles. The molecule has 2 atom stereocenters. The maximum atomic E-state index is 5.79. The minimum absolute atomic E-state index is 0.219. The summed E-state index contributed by atoms with van der Waals surface area (Å²) in [7, 11) is 0. The summed E-state index contributed by atoms with van der Waals surface area (Å²) < 4.78 is 5.79. The van der Waals surface area contributed by atoms with Crippen LogP contribution in [0.15, 0.2) is 24.5 Å². The van der Waals surface area contributed by atoms with E-state index in [-0.39, 0.29) is 6.10 Å². The number of ether oxygens (including phenoxy) is 1. The minimum atomic E-state index is 0.219. The molecule has 0 saturated carbocycles. The van der Waals surface area contributed by atoms with Crippen LogP contribution in [-0.4, -0.2) is 24.2 Å². The largest absolute Gasteiger partial charge is 0.373 e. The molecule has 2 unspecified atom stereocenters. The number of pyridine rings is 1. The first-order valence-electron chi connectivity index (χ1n) is 6.15. The quantitative estimate of drug-likeness (QED) is 0.845. The van der Waals surface area contributed by atoms with Crippen molar-refractivity contribution in [3.05, 3.63) is 30.1 Å². The van der Waals surface area contributed by atoms with Crippen LogP contribution in [0.3, 0.4) is 0 Å². The van der Waals surface area contributed by atoms with E-state index in [0.717, 1.165) is 26.0 Å². The number of rotatable bonds is 4. The van der Waals surface area contributed by atoms with Gasteiger partial charge in [-0.05, 0) is 37.4 Å². The summed E-state index contributed by atoms with van der Waals surface area (Å²) >= 11 is 0. The van der Waals surface area contributed by atoms with Gasteiger partial charge in [-0.2, -0.15) is 0 Å². The van der Waals surface area contributed by atoms with Gasteiger partial charge in [-0.25, -0.2) is 0 Å². The van der Waals surface area contributed by atoms with Gasteiger partial charge in [0.05, 0.1) is 6.10 Å². The van der Waals surface area contributed by atoms with Crippen molar-refractivity contribution >= 4 is 0 Å². The molecule has 88 valence electrons. The zero-order chi connectivity index (χ0) is 11.2. The first-order valence-corrected chi connectivity index (χ1v) is 6.15. The van der Waals surface area contributed by atoms with E-state index < -0.39 is 0 Å². The van der Waals surface area contributed by atoms with Crippen LogP contribution in [0.5, 0.6) is 0 Å². The number of aromatic nitrogens is 1. The molecule has 1 aliphatic rings. The standard InChI is InChI=1S/C13H20N2O/c1-2-6-15-12-5-8-16-13(9-12)11-4-3-7-14-10-11/h3-4,7,10,12-13,15H,2,5-6,8-9H2,1H3. The van der Waals surface area contributed by atoms with Crippen molar-refractivity contribution < 1.29 is 4.74 Å². The van der Waals surface area contributed by atoms with Crippen LogP contribution in [0.25, 0.3) is 0 Å². The molecular weight excluding hydrogens is 200 g/mol. The first-order chi connectivity index (χ1) is 7.90. The molecule has 1 aromatic rings. The summed E-state index contributed by atoms with van der Waals surface area (Å²) in [4.78, 5) is 4.15. The molecule has 0 spiro atoms. The Morgan fingerprint density at radius 2 is 2.50 bits per heavy atom. The summed E-state index contributed by atoms with van der Waals surface area (Å²) in [6.45, 7) is 4.15. The SMILES string of the molecule is CCCNC1CCOC(c2cccnc2)C1. The molecule has 16 heavy (non-hydrogen) atoms. The summed E-state index contributed by atoms with van der Waals surface area (Å²) in [5.74, 6) is 0. The maximum absolute atomic E-state index is 5.79. The third kappa shape index (κ3) is 3.03. The lowest BCUT2D eigenvalue weighted by atomic mass is 9.98. The van der Waals surface area contributed by atoms with E-state index in [4.69, 9.17) is 4.74 Å². The van der Waals surface area contributed by atoms with Gasteiger partial charge in [-0.15, -0.1) is 0 Å². The Morgan fingerprint density at radius 1 is 1.56 bits per heavy atom. The highest BCUT2D eigenvalue weighted by molar-refractivity contribution is 5.13. The summed E-state index contributed by atoms with van der Waals surface area (Å²) in [5.41, 5.74) is 1.20. The summed E-state index contributed by atoms with van der Waals surface area (Å²) in [6, 6.07) is 4.67.